The number of rotatable bonds is 10. The van der Waals surface area contributed by atoms with E-state index >= 15 is 0 Å². The van der Waals surface area contributed by atoms with Gasteiger partial charge in [-0.3, -0.25) is 0 Å². The fourth-order valence-corrected chi connectivity index (χ4v) is 1.57. The van der Waals surface area contributed by atoms with Crippen LogP contribution in [0.25, 0.3) is 0 Å². The van der Waals surface area contributed by atoms with Crippen molar-refractivity contribution < 1.29 is 4.79 Å². The third-order valence-corrected chi connectivity index (χ3v) is 2.68. The second-order valence-electron chi connectivity index (χ2n) is 4.42. The quantitative estimate of drug-likeness (QED) is 0.294. The molecule has 0 N–H and O–H groups in total. The van der Waals surface area contributed by atoms with E-state index in [0.717, 1.165) is 12.7 Å². The smallest absolute Gasteiger partial charge is 0.120 e. The zero-order valence-electron chi connectivity index (χ0n) is 10.4. The Bertz CT molecular complexity index is 161. The number of carbonyl (C=O) groups excluding carboxylic acids is 1. The lowest BCUT2D eigenvalue weighted by molar-refractivity contribution is -0.108. The summed E-state index contributed by atoms with van der Waals surface area (Å²) in [5, 5.41) is 0. The van der Waals surface area contributed by atoms with Gasteiger partial charge in [0.05, 0.1) is 0 Å². The van der Waals surface area contributed by atoms with E-state index < -0.39 is 0 Å². The van der Waals surface area contributed by atoms with Gasteiger partial charge in [-0.05, 0) is 25.2 Å². The van der Waals surface area contributed by atoms with Crippen molar-refractivity contribution >= 4 is 6.29 Å². The molecule has 1 nitrogen and oxygen atoms in total. The molecular weight excluding hydrogens is 184 g/mol. The van der Waals surface area contributed by atoms with Gasteiger partial charge in [-0.25, -0.2) is 0 Å². The van der Waals surface area contributed by atoms with Crippen LogP contribution < -0.4 is 0 Å². The van der Waals surface area contributed by atoms with Crippen molar-refractivity contribution in [2.75, 3.05) is 0 Å². The molecule has 1 unspecified atom stereocenters. The van der Waals surface area contributed by atoms with Crippen LogP contribution in [-0.4, -0.2) is 6.29 Å². The summed E-state index contributed by atoms with van der Waals surface area (Å²) < 4.78 is 0. The van der Waals surface area contributed by atoms with Crippen molar-refractivity contribution in [2.45, 2.75) is 65.2 Å². The van der Waals surface area contributed by atoms with Crippen LogP contribution >= 0.6 is 0 Å². The zero-order valence-corrected chi connectivity index (χ0v) is 10.4. The van der Waals surface area contributed by atoms with Gasteiger partial charge in [-0.15, -0.1) is 0 Å². The van der Waals surface area contributed by atoms with E-state index in [1.807, 2.05) is 0 Å². The Balaban J connectivity index is 3.20. The molecule has 0 fully saturated rings. The Morgan fingerprint density at radius 3 is 2.40 bits per heavy atom. The highest BCUT2D eigenvalue weighted by molar-refractivity contribution is 5.49. The highest BCUT2D eigenvalue weighted by Gasteiger charge is 1.96. The molecule has 0 amide bonds. The van der Waals surface area contributed by atoms with Gasteiger partial charge in [0.15, 0.2) is 0 Å². The van der Waals surface area contributed by atoms with Crippen LogP contribution in [0.1, 0.15) is 65.2 Å². The fourth-order valence-electron chi connectivity index (χ4n) is 1.57. The molecule has 0 aliphatic carbocycles. The Labute approximate surface area is 95.0 Å². The first-order valence-corrected chi connectivity index (χ1v) is 6.39. The summed E-state index contributed by atoms with van der Waals surface area (Å²) in [7, 11) is 0. The Kier molecular flexibility index (Phi) is 11.0. The van der Waals surface area contributed by atoms with Crippen molar-refractivity contribution in [1.29, 1.82) is 0 Å². The largest absolute Gasteiger partial charge is 0.303 e. The van der Waals surface area contributed by atoms with E-state index in [-0.39, 0.29) is 0 Å². The van der Waals surface area contributed by atoms with E-state index in [4.69, 9.17) is 0 Å². The second-order valence-corrected chi connectivity index (χ2v) is 4.42. The number of aldehydes is 1. The number of hydrogen-bond donors (Lipinski definition) is 0. The molecule has 0 saturated heterocycles. The fraction of sp³-hybridized carbons (Fsp3) is 0.786. The minimum Gasteiger partial charge on any atom is -0.303 e. The predicted molar refractivity (Wildman–Crippen MR) is 67.0 cm³/mol. The summed E-state index contributed by atoms with van der Waals surface area (Å²) in [6, 6.07) is 0. The maximum absolute atomic E-state index is 10.2. The monoisotopic (exact) mass is 210 g/mol. The van der Waals surface area contributed by atoms with Crippen LogP contribution in [-0.2, 0) is 4.79 Å². The molecule has 0 aliphatic rings. The van der Waals surface area contributed by atoms with Gasteiger partial charge in [-0.1, -0.05) is 51.7 Å². The second kappa shape index (κ2) is 11.5. The van der Waals surface area contributed by atoms with Gasteiger partial charge >= 0.3 is 0 Å². The lowest BCUT2D eigenvalue weighted by Gasteiger charge is -2.01. The van der Waals surface area contributed by atoms with Crippen LogP contribution in [0, 0.1) is 5.92 Å². The van der Waals surface area contributed by atoms with E-state index in [1.165, 1.54) is 38.5 Å². The van der Waals surface area contributed by atoms with E-state index in [0.29, 0.717) is 12.3 Å². The van der Waals surface area contributed by atoms with Gasteiger partial charge in [0.1, 0.15) is 6.29 Å². The molecule has 1 atom stereocenters. The van der Waals surface area contributed by atoms with E-state index in [2.05, 4.69) is 26.0 Å². The molecule has 0 aromatic rings. The molecular formula is C14H26O. The summed E-state index contributed by atoms with van der Waals surface area (Å²) in [5.41, 5.74) is 0. The first-order valence-electron chi connectivity index (χ1n) is 6.39. The molecule has 0 aromatic heterocycles. The molecule has 0 spiro atoms. The highest BCUT2D eigenvalue weighted by atomic mass is 16.1. The third kappa shape index (κ3) is 11.3. The van der Waals surface area contributed by atoms with Gasteiger partial charge in [-0.2, -0.15) is 0 Å². The molecule has 0 bridgehead atoms. The predicted octanol–water partition coefficient (Wildman–Crippen LogP) is 4.52. The maximum Gasteiger partial charge on any atom is 0.120 e. The minimum atomic E-state index is 0.513. The van der Waals surface area contributed by atoms with Crippen LogP contribution in [0.4, 0.5) is 0 Å². The number of unbranched alkanes of at least 4 members (excludes halogenated alkanes) is 5. The lowest BCUT2D eigenvalue weighted by Crippen LogP contribution is -1.92. The van der Waals surface area contributed by atoms with Crippen LogP contribution in [0.15, 0.2) is 12.2 Å². The molecule has 1 heteroatoms. The molecule has 0 radical (unpaired) electrons. The number of allylic oxidation sites excluding steroid dienone is 2. The van der Waals surface area contributed by atoms with Crippen molar-refractivity contribution in [3.63, 3.8) is 0 Å². The Hall–Kier alpha value is -0.590. The molecule has 88 valence electrons. The topological polar surface area (TPSA) is 17.1 Å². The van der Waals surface area contributed by atoms with Crippen molar-refractivity contribution in [3.05, 3.63) is 12.2 Å². The molecule has 0 heterocycles. The average molecular weight is 210 g/mol. The molecule has 0 aromatic carbocycles. The minimum absolute atomic E-state index is 0.513. The van der Waals surface area contributed by atoms with Crippen LogP contribution in [0.5, 0.6) is 0 Å². The van der Waals surface area contributed by atoms with Gasteiger partial charge in [0.25, 0.3) is 0 Å². The number of hydrogen-bond acceptors (Lipinski definition) is 1. The van der Waals surface area contributed by atoms with Gasteiger partial charge < -0.3 is 4.79 Å². The van der Waals surface area contributed by atoms with Gasteiger partial charge in [0.2, 0.25) is 0 Å². The highest BCUT2D eigenvalue weighted by Crippen LogP contribution is 2.08. The van der Waals surface area contributed by atoms with Crippen molar-refractivity contribution in [3.8, 4) is 0 Å². The summed E-state index contributed by atoms with van der Waals surface area (Å²) in [6.07, 6.45) is 15.2. The van der Waals surface area contributed by atoms with Crippen molar-refractivity contribution in [1.82, 2.24) is 0 Å². The summed E-state index contributed by atoms with van der Waals surface area (Å²) in [6.45, 7) is 4.37. The maximum atomic E-state index is 10.2. The van der Waals surface area contributed by atoms with Crippen LogP contribution in [0.3, 0.4) is 0 Å². The summed E-state index contributed by atoms with van der Waals surface area (Å²) >= 11 is 0. The van der Waals surface area contributed by atoms with E-state index in [1.54, 1.807) is 0 Å². The molecule has 0 saturated carbocycles. The van der Waals surface area contributed by atoms with Crippen molar-refractivity contribution in [2.24, 2.45) is 5.92 Å². The third-order valence-electron chi connectivity index (χ3n) is 2.68. The Morgan fingerprint density at radius 1 is 1.00 bits per heavy atom. The van der Waals surface area contributed by atoms with Gasteiger partial charge in [0, 0.05) is 6.42 Å². The summed E-state index contributed by atoms with van der Waals surface area (Å²) in [4.78, 5) is 10.2. The average Bonchev–Trinajstić information content (AvgIpc) is 2.22. The molecule has 0 aliphatic heterocycles. The molecule has 15 heavy (non-hydrogen) atoms. The standard InChI is InChI=1S/C14H26O/c1-3-4-5-6-7-8-9-10-11-14(2)12-13-15/h9-10,13-14H,3-8,11-12H2,1-2H3. The Morgan fingerprint density at radius 2 is 1.73 bits per heavy atom. The lowest BCUT2D eigenvalue weighted by atomic mass is 10.0. The number of carbonyl (C=O) groups is 1. The SMILES string of the molecule is CCCCCCCC=CCC(C)CC=O. The van der Waals surface area contributed by atoms with Crippen LogP contribution in [0.2, 0.25) is 0 Å². The first kappa shape index (κ1) is 14.4. The summed E-state index contributed by atoms with van der Waals surface area (Å²) in [5.74, 6) is 0.513. The molecule has 0 rings (SSSR count). The van der Waals surface area contributed by atoms with E-state index in [9.17, 15) is 4.79 Å². The first-order chi connectivity index (χ1) is 7.31. The normalized spacial score (nSPS) is 13.2. The zero-order chi connectivity index (χ0) is 11.4.